The van der Waals surface area contributed by atoms with Gasteiger partial charge >= 0.3 is 0 Å². The zero-order valence-corrected chi connectivity index (χ0v) is 8.06. The third-order valence-electron chi connectivity index (χ3n) is 1.61. The molecule has 2 nitrogen and oxygen atoms in total. The Bertz CT molecular complexity index is 255. The summed E-state index contributed by atoms with van der Waals surface area (Å²) in [4.78, 5) is 10.3. The van der Waals surface area contributed by atoms with Gasteiger partial charge in [0.25, 0.3) is 0 Å². The van der Waals surface area contributed by atoms with Crippen LogP contribution < -0.4 is 0 Å². The van der Waals surface area contributed by atoms with Gasteiger partial charge in [0.1, 0.15) is 0 Å². The lowest BCUT2D eigenvalue weighted by Gasteiger charge is -2.03. The topological polar surface area (TPSA) is 30.2 Å². The summed E-state index contributed by atoms with van der Waals surface area (Å²) in [5, 5.41) is 1.36. The van der Waals surface area contributed by atoms with Crippen LogP contribution in [-0.2, 0) is 0 Å². The first-order chi connectivity index (χ1) is 5.76. The minimum Gasteiger partial charge on any atom is -0.447 e. The van der Waals surface area contributed by atoms with Crippen molar-refractivity contribution in [2.24, 2.45) is 0 Å². The van der Waals surface area contributed by atoms with Crippen molar-refractivity contribution in [3.05, 3.63) is 17.9 Å². The van der Waals surface area contributed by atoms with E-state index in [4.69, 9.17) is 4.42 Å². The molecule has 66 valence electrons. The molecule has 1 aromatic rings. The Morgan fingerprint density at radius 3 is 2.92 bits per heavy atom. The second kappa shape index (κ2) is 4.36. The van der Waals surface area contributed by atoms with Crippen LogP contribution in [0.4, 0.5) is 0 Å². The molecular weight excluding hydrogens is 172 g/mol. The third kappa shape index (κ3) is 2.41. The molecule has 0 aliphatic carbocycles. The fraction of sp³-hybridized carbons (Fsp3) is 0.444. The van der Waals surface area contributed by atoms with Gasteiger partial charge in [-0.3, -0.25) is 4.79 Å². The average Bonchev–Trinajstić information content (AvgIpc) is 2.52. The SMILES string of the molecule is CCC(C)Sc1ccc(C=O)o1. The van der Waals surface area contributed by atoms with Crippen LogP contribution in [0.25, 0.3) is 0 Å². The van der Waals surface area contributed by atoms with Gasteiger partial charge in [0, 0.05) is 5.25 Å². The Morgan fingerprint density at radius 1 is 1.67 bits per heavy atom. The molecule has 0 bridgehead atoms. The molecule has 1 atom stereocenters. The van der Waals surface area contributed by atoms with E-state index in [0.717, 1.165) is 17.8 Å². The number of aldehydes is 1. The Balaban J connectivity index is 2.57. The van der Waals surface area contributed by atoms with E-state index in [1.165, 1.54) is 0 Å². The lowest BCUT2D eigenvalue weighted by atomic mass is 10.4. The zero-order valence-electron chi connectivity index (χ0n) is 7.24. The first-order valence-corrected chi connectivity index (χ1v) is 4.86. The van der Waals surface area contributed by atoms with Crippen molar-refractivity contribution in [3.8, 4) is 0 Å². The van der Waals surface area contributed by atoms with E-state index in [1.54, 1.807) is 17.8 Å². The Hall–Kier alpha value is -0.700. The molecule has 0 amide bonds. The van der Waals surface area contributed by atoms with Crippen LogP contribution in [-0.4, -0.2) is 11.5 Å². The minimum atomic E-state index is 0.404. The van der Waals surface area contributed by atoms with Crippen LogP contribution in [0.5, 0.6) is 0 Å². The number of carbonyl (C=O) groups is 1. The van der Waals surface area contributed by atoms with Crippen molar-refractivity contribution < 1.29 is 9.21 Å². The van der Waals surface area contributed by atoms with E-state index in [0.29, 0.717) is 11.0 Å². The van der Waals surface area contributed by atoms with Gasteiger partial charge in [0.15, 0.2) is 17.1 Å². The summed E-state index contributed by atoms with van der Waals surface area (Å²) < 4.78 is 5.20. The van der Waals surface area contributed by atoms with Crippen LogP contribution in [0.1, 0.15) is 30.8 Å². The van der Waals surface area contributed by atoms with Gasteiger partial charge in [-0.25, -0.2) is 0 Å². The van der Waals surface area contributed by atoms with Gasteiger partial charge in [0.05, 0.1) is 0 Å². The lowest BCUT2D eigenvalue weighted by molar-refractivity contribution is 0.109. The van der Waals surface area contributed by atoms with Gasteiger partial charge in [-0.05, 0) is 18.6 Å². The molecule has 1 rings (SSSR count). The van der Waals surface area contributed by atoms with Crippen molar-refractivity contribution in [2.45, 2.75) is 30.6 Å². The molecule has 0 aliphatic heterocycles. The van der Waals surface area contributed by atoms with Crippen molar-refractivity contribution in [2.75, 3.05) is 0 Å². The van der Waals surface area contributed by atoms with Crippen molar-refractivity contribution in [3.63, 3.8) is 0 Å². The van der Waals surface area contributed by atoms with Gasteiger partial charge in [-0.1, -0.05) is 25.6 Å². The quantitative estimate of drug-likeness (QED) is 0.532. The molecule has 12 heavy (non-hydrogen) atoms. The first kappa shape index (κ1) is 9.39. The van der Waals surface area contributed by atoms with E-state index in [2.05, 4.69) is 13.8 Å². The third-order valence-corrected chi connectivity index (χ3v) is 2.80. The van der Waals surface area contributed by atoms with E-state index < -0.39 is 0 Å². The smallest absolute Gasteiger partial charge is 0.185 e. The molecule has 0 radical (unpaired) electrons. The lowest BCUT2D eigenvalue weighted by Crippen LogP contribution is -1.90. The predicted molar refractivity (Wildman–Crippen MR) is 49.7 cm³/mol. The summed E-state index contributed by atoms with van der Waals surface area (Å²) in [6.45, 7) is 4.26. The fourth-order valence-electron chi connectivity index (χ4n) is 0.743. The first-order valence-electron chi connectivity index (χ1n) is 3.98. The number of carbonyl (C=O) groups excluding carboxylic acids is 1. The summed E-state index contributed by atoms with van der Waals surface area (Å²) in [5.41, 5.74) is 0. The van der Waals surface area contributed by atoms with Crippen molar-refractivity contribution in [1.29, 1.82) is 0 Å². The molecule has 0 saturated carbocycles. The van der Waals surface area contributed by atoms with Crippen molar-refractivity contribution in [1.82, 2.24) is 0 Å². The normalized spacial score (nSPS) is 12.8. The Morgan fingerprint density at radius 2 is 2.42 bits per heavy atom. The highest BCUT2D eigenvalue weighted by atomic mass is 32.2. The maximum absolute atomic E-state index is 10.3. The van der Waals surface area contributed by atoms with E-state index in [1.807, 2.05) is 6.07 Å². The molecule has 0 N–H and O–H groups in total. The number of hydrogen-bond acceptors (Lipinski definition) is 3. The molecular formula is C9H12O2S. The maximum atomic E-state index is 10.3. The summed E-state index contributed by atoms with van der Waals surface area (Å²) in [5.74, 6) is 0.404. The predicted octanol–water partition coefficient (Wildman–Crippen LogP) is 2.98. The minimum absolute atomic E-state index is 0.404. The highest BCUT2D eigenvalue weighted by Crippen LogP contribution is 2.26. The molecule has 1 unspecified atom stereocenters. The maximum Gasteiger partial charge on any atom is 0.185 e. The van der Waals surface area contributed by atoms with E-state index >= 15 is 0 Å². The van der Waals surface area contributed by atoms with Gasteiger partial charge in [0.2, 0.25) is 0 Å². The van der Waals surface area contributed by atoms with E-state index in [-0.39, 0.29) is 0 Å². The standard InChI is InChI=1S/C9H12O2S/c1-3-7(2)12-9-5-4-8(6-10)11-9/h4-7H,3H2,1-2H3. The molecule has 0 aromatic carbocycles. The molecule has 0 fully saturated rings. The van der Waals surface area contributed by atoms with Crippen LogP contribution in [0.15, 0.2) is 21.6 Å². The fourth-order valence-corrected chi connectivity index (χ4v) is 1.60. The highest BCUT2D eigenvalue weighted by molar-refractivity contribution is 7.99. The summed E-state index contributed by atoms with van der Waals surface area (Å²) in [7, 11) is 0. The monoisotopic (exact) mass is 184 g/mol. The average molecular weight is 184 g/mol. The molecule has 3 heteroatoms. The largest absolute Gasteiger partial charge is 0.447 e. The zero-order chi connectivity index (χ0) is 8.97. The summed E-state index contributed by atoms with van der Waals surface area (Å²) >= 11 is 1.65. The summed E-state index contributed by atoms with van der Waals surface area (Å²) in [6.07, 6.45) is 1.82. The van der Waals surface area contributed by atoms with Crippen LogP contribution in [0.2, 0.25) is 0 Å². The van der Waals surface area contributed by atoms with Crippen LogP contribution in [0.3, 0.4) is 0 Å². The second-order valence-electron chi connectivity index (χ2n) is 2.61. The number of hydrogen-bond donors (Lipinski definition) is 0. The second-order valence-corrected chi connectivity index (χ2v) is 4.05. The summed E-state index contributed by atoms with van der Waals surface area (Å²) in [6, 6.07) is 3.53. The Labute approximate surface area is 76.3 Å². The highest BCUT2D eigenvalue weighted by Gasteiger charge is 2.05. The number of thioether (sulfide) groups is 1. The van der Waals surface area contributed by atoms with Crippen LogP contribution in [0, 0.1) is 0 Å². The van der Waals surface area contributed by atoms with Gasteiger partial charge in [-0.15, -0.1) is 0 Å². The van der Waals surface area contributed by atoms with E-state index in [9.17, 15) is 4.79 Å². The van der Waals surface area contributed by atoms with Gasteiger partial charge in [-0.2, -0.15) is 0 Å². The molecule has 0 saturated heterocycles. The molecule has 1 heterocycles. The molecule has 0 spiro atoms. The number of furan rings is 1. The van der Waals surface area contributed by atoms with Crippen molar-refractivity contribution >= 4 is 18.0 Å². The Kier molecular flexibility index (Phi) is 3.41. The molecule has 1 aromatic heterocycles. The van der Waals surface area contributed by atoms with Crippen LogP contribution >= 0.6 is 11.8 Å². The molecule has 0 aliphatic rings. The van der Waals surface area contributed by atoms with Gasteiger partial charge < -0.3 is 4.42 Å². The number of rotatable bonds is 4.